The van der Waals surface area contributed by atoms with Crippen LogP contribution < -0.4 is 5.32 Å². The van der Waals surface area contributed by atoms with Crippen LogP contribution in [0.1, 0.15) is 42.7 Å². The van der Waals surface area contributed by atoms with Gasteiger partial charge in [0, 0.05) is 32.5 Å². The number of nitrogens with zero attached hydrogens (tertiary/aromatic N) is 1. The molecule has 8 nitrogen and oxygen atoms in total. The number of nitrogens with one attached hydrogen (secondary N) is 1. The SMILES string of the molecule is COC(CNC(=O)OCC1c2ccccc2-c2ccccc21)C(=O)N1CCC(CCC(=O)O)CC1. The molecule has 1 heterocycles. The normalized spacial score (nSPS) is 16.3. The van der Waals surface area contributed by atoms with E-state index < -0.39 is 18.2 Å². The lowest BCUT2D eigenvalue weighted by molar-refractivity contribution is -0.143. The fraction of sp³-hybridized carbons (Fsp3) is 0.444. The Morgan fingerprint density at radius 1 is 1.03 bits per heavy atom. The average Bonchev–Trinajstić information content (AvgIpc) is 3.20. The molecule has 0 saturated carbocycles. The van der Waals surface area contributed by atoms with E-state index >= 15 is 0 Å². The Morgan fingerprint density at radius 3 is 2.20 bits per heavy atom. The lowest BCUT2D eigenvalue weighted by Crippen LogP contribution is -2.48. The van der Waals surface area contributed by atoms with Crippen LogP contribution in [0.15, 0.2) is 48.5 Å². The van der Waals surface area contributed by atoms with E-state index in [0.29, 0.717) is 25.4 Å². The zero-order valence-corrected chi connectivity index (χ0v) is 19.9. The van der Waals surface area contributed by atoms with E-state index in [1.807, 2.05) is 24.3 Å². The van der Waals surface area contributed by atoms with E-state index in [9.17, 15) is 14.4 Å². The molecule has 0 spiro atoms. The number of carboxylic acid groups (broad SMARTS) is 1. The molecule has 1 fully saturated rings. The minimum Gasteiger partial charge on any atom is -0.481 e. The summed E-state index contributed by atoms with van der Waals surface area (Å²) < 4.78 is 10.9. The van der Waals surface area contributed by atoms with Crippen molar-refractivity contribution in [3.05, 3.63) is 59.7 Å². The minimum absolute atomic E-state index is 0.0188. The molecular formula is C27H32N2O6. The first-order valence-electron chi connectivity index (χ1n) is 12.1. The van der Waals surface area contributed by atoms with E-state index in [4.69, 9.17) is 14.6 Å². The van der Waals surface area contributed by atoms with Crippen molar-refractivity contribution >= 4 is 18.0 Å². The van der Waals surface area contributed by atoms with Gasteiger partial charge in [0.2, 0.25) is 0 Å². The maximum atomic E-state index is 12.9. The summed E-state index contributed by atoms with van der Waals surface area (Å²) in [6.45, 7) is 1.35. The Kier molecular flexibility index (Phi) is 8.02. The quantitative estimate of drug-likeness (QED) is 0.568. The molecule has 2 amide bonds. The molecule has 0 aromatic heterocycles. The first kappa shape index (κ1) is 24.7. The van der Waals surface area contributed by atoms with Gasteiger partial charge in [-0.3, -0.25) is 9.59 Å². The van der Waals surface area contributed by atoms with Gasteiger partial charge in [0.1, 0.15) is 6.61 Å². The molecule has 1 atom stereocenters. The second kappa shape index (κ2) is 11.4. The number of ether oxygens (including phenoxy) is 2. The Hall–Kier alpha value is -3.39. The third-order valence-corrected chi connectivity index (χ3v) is 7.03. The first-order valence-corrected chi connectivity index (χ1v) is 12.1. The average molecular weight is 481 g/mol. The number of rotatable bonds is 9. The topological polar surface area (TPSA) is 105 Å². The molecule has 186 valence electrons. The highest BCUT2D eigenvalue weighted by atomic mass is 16.5. The number of piperidine rings is 1. The smallest absolute Gasteiger partial charge is 0.407 e. The monoisotopic (exact) mass is 480 g/mol. The molecule has 0 bridgehead atoms. The summed E-state index contributed by atoms with van der Waals surface area (Å²) >= 11 is 0. The zero-order chi connectivity index (χ0) is 24.8. The molecule has 35 heavy (non-hydrogen) atoms. The molecule has 1 aliphatic heterocycles. The van der Waals surface area contributed by atoms with Gasteiger partial charge in [0.25, 0.3) is 5.91 Å². The van der Waals surface area contributed by atoms with E-state index in [0.717, 1.165) is 35.1 Å². The molecule has 0 radical (unpaired) electrons. The van der Waals surface area contributed by atoms with Crippen LogP contribution in [0.4, 0.5) is 4.79 Å². The predicted octanol–water partition coefficient (Wildman–Crippen LogP) is 3.64. The minimum atomic E-state index is -0.800. The third-order valence-electron chi connectivity index (χ3n) is 7.03. The van der Waals surface area contributed by atoms with Crippen molar-refractivity contribution in [1.82, 2.24) is 10.2 Å². The largest absolute Gasteiger partial charge is 0.481 e. The van der Waals surface area contributed by atoms with Crippen molar-refractivity contribution in [2.45, 2.75) is 37.7 Å². The van der Waals surface area contributed by atoms with Crippen LogP contribution in [-0.2, 0) is 19.1 Å². The molecule has 2 aliphatic rings. The number of likely N-dealkylation sites (tertiary alicyclic amines) is 1. The molecule has 1 saturated heterocycles. The number of carbonyl (C=O) groups excluding carboxylic acids is 2. The highest BCUT2D eigenvalue weighted by Crippen LogP contribution is 2.44. The van der Waals surface area contributed by atoms with Crippen molar-refractivity contribution in [3.63, 3.8) is 0 Å². The lowest BCUT2D eigenvalue weighted by Gasteiger charge is -2.33. The van der Waals surface area contributed by atoms with E-state index in [-0.39, 0.29) is 31.4 Å². The molecule has 8 heteroatoms. The maximum absolute atomic E-state index is 12.9. The van der Waals surface area contributed by atoms with Crippen molar-refractivity contribution in [3.8, 4) is 11.1 Å². The van der Waals surface area contributed by atoms with Crippen LogP contribution in [0.5, 0.6) is 0 Å². The van der Waals surface area contributed by atoms with Gasteiger partial charge >= 0.3 is 12.1 Å². The van der Waals surface area contributed by atoms with Crippen LogP contribution in [-0.4, -0.2) is 67.4 Å². The van der Waals surface area contributed by atoms with E-state index in [2.05, 4.69) is 29.6 Å². The molecule has 2 aromatic carbocycles. The molecule has 1 aliphatic carbocycles. The summed E-state index contributed by atoms with van der Waals surface area (Å²) in [5, 5.41) is 11.5. The third kappa shape index (κ3) is 5.82. The maximum Gasteiger partial charge on any atom is 0.407 e. The fourth-order valence-electron chi connectivity index (χ4n) is 5.07. The second-order valence-electron chi connectivity index (χ2n) is 9.13. The van der Waals surface area contributed by atoms with E-state index in [1.165, 1.54) is 7.11 Å². The van der Waals surface area contributed by atoms with Gasteiger partial charge in [-0.25, -0.2) is 4.79 Å². The Labute approximate surface area is 205 Å². The van der Waals surface area contributed by atoms with Gasteiger partial charge in [-0.15, -0.1) is 0 Å². The van der Waals surface area contributed by atoms with Crippen LogP contribution in [0, 0.1) is 5.92 Å². The van der Waals surface area contributed by atoms with Crippen molar-refractivity contribution in [2.24, 2.45) is 5.92 Å². The Bertz CT molecular complexity index is 1020. The van der Waals surface area contributed by atoms with Gasteiger partial charge in [-0.1, -0.05) is 48.5 Å². The summed E-state index contributed by atoms with van der Waals surface area (Å²) in [7, 11) is 1.45. The summed E-state index contributed by atoms with van der Waals surface area (Å²) in [6.07, 6.45) is 0.947. The van der Waals surface area contributed by atoms with Crippen molar-refractivity contribution < 1.29 is 29.0 Å². The number of fused-ring (bicyclic) bond motifs is 3. The van der Waals surface area contributed by atoms with Crippen LogP contribution in [0.2, 0.25) is 0 Å². The highest BCUT2D eigenvalue weighted by Gasteiger charge is 2.31. The molecule has 4 rings (SSSR count). The van der Waals surface area contributed by atoms with Gasteiger partial charge < -0.3 is 24.8 Å². The summed E-state index contributed by atoms with van der Waals surface area (Å²) in [4.78, 5) is 37.8. The molecule has 2 aromatic rings. The highest BCUT2D eigenvalue weighted by molar-refractivity contribution is 5.82. The number of carbonyl (C=O) groups is 3. The van der Waals surface area contributed by atoms with Gasteiger partial charge in [0.05, 0.1) is 6.54 Å². The number of amides is 2. The van der Waals surface area contributed by atoms with Gasteiger partial charge in [-0.05, 0) is 47.4 Å². The summed E-state index contributed by atoms with van der Waals surface area (Å²) in [5.41, 5.74) is 4.60. The van der Waals surface area contributed by atoms with Crippen LogP contribution in [0.25, 0.3) is 11.1 Å². The molecular weight excluding hydrogens is 448 g/mol. The van der Waals surface area contributed by atoms with Crippen LogP contribution >= 0.6 is 0 Å². The lowest BCUT2D eigenvalue weighted by atomic mass is 9.92. The summed E-state index contributed by atoms with van der Waals surface area (Å²) in [6, 6.07) is 16.3. The number of methoxy groups -OCH3 is 1. The van der Waals surface area contributed by atoms with Crippen molar-refractivity contribution in [1.29, 1.82) is 0 Å². The van der Waals surface area contributed by atoms with Crippen molar-refractivity contribution in [2.75, 3.05) is 33.4 Å². The van der Waals surface area contributed by atoms with Crippen LogP contribution in [0.3, 0.4) is 0 Å². The van der Waals surface area contributed by atoms with E-state index in [1.54, 1.807) is 4.90 Å². The van der Waals surface area contributed by atoms with Gasteiger partial charge in [0.15, 0.2) is 6.10 Å². The summed E-state index contributed by atoms with van der Waals surface area (Å²) in [5.74, 6) is -0.684. The molecule has 2 N–H and O–H groups in total. The Balaban J connectivity index is 1.25. The number of carboxylic acids is 1. The number of alkyl carbamates (subject to hydrolysis) is 1. The number of benzene rings is 2. The fourth-order valence-corrected chi connectivity index (χ4v) is 5.07. The number of hydrogen-bond donors (Lipinski definition) is 2. The second-order valence-corrected chi connectivity index (χ2v) is 9.13. The Morgan fingerprint density at radius 2 is 1.63 bits per heavy atom. The first-order chi connectivity index (χ1) is 17.0. The predicted molar refractivity (Wildman–Crippen MR) is 130 cm³/mol. The molecule has 1 unspecified atom stereocenters. The standard InChI is InChI=1S/C27H32N2O6/c1-34-24(26(32)29-14-12-18(13-15-29)10-11-25(30)31)16-28-27(33)35-17-23-21-8-4-2-6-19(21)20-7-3-5-9-22(20)23/h2-9,18,23-24H,10-17H2,1H3,(H,28,33)(H,30,31). The number of hydrogen-bond acceptors (Lipinski definition) is 5. The van der Waals surface area contributed by atoms with Gasteiger partial charge in [-0.2, -0.15) is 0 Å². The number of aliphatic carboxylic acids is 1. The zero-order valence-electron chi connectivity index (χ0n) is 19.9.